The van der Waals surface area contributed by atoms with Gasteiger partial charge in [-0.2, -0.15) is 13.2 Å². The van der Waals surface area contributed by atoms with Crippen molar-refractivity contribution in [1.29, 1.82) is 0 Å². The lowest BCUT2D eigenvalue weighted by atomic mass is 10.2. The predicted octanol–water partition coefficient (Wildman–Crippen LogP) is 6.01. The van der Waals surface area contributed by atoms with Crippen molar-refractivity contribution >= 4 is 48.7 Å². The molecule has 0 bridgehead atoms. The first-order chi connectivity index (χ1) is 17.4. The minimum absolute atomic E-state index is 0.000723. The number of amides is 1. The molecular formula is C25H21F3N2O5S2. The molecule has 0 spiro atoms. The number of carbonyl (C=O) groups excluding carboxylic acids is 1. The number of hydrogen-bond acceptors (Lipinski definition) is 6. The van der Waals surface area contributed by atoms with Gasteiger partial charge in [-0.3, -0.25) is 9.10 Å². The fourth-order valence-electron chi connectivity index (χ4n) is 3.58. The van der Waals surface area contributed by atoms with E-state index in [1.165, 1.54) is 51.6 Å². The highest BCUT2D eigenvalue weighted by molar-refractivity contribution is 7.92. The van der Waals surface area contributed by atoms with Crippen LogP contribution in [0.5, 0.6) is 11.5 Å². The lowest BCUT2D eigenvalue weighted by molar-refractivity contribution is -0.137. The second-order valence-electron chi connectivity index (χ2n) is 7.85. The molecule has 3 aromatic carbocycles. The Morgan fingerprint density at radius 3 is 2.35 bits per heavy atom. The second kappa shape index (κ2) is 9.94. The maximum atomic E-state index is 13.2. The molecule has 0 saturated heterocycles. The van der Waals surface area contributed by atoms with Crippen molar-refractivity contribution in [3.05, 3.63) is 77.2 Å². The Bertz CT molecular complexity index is 1580. The average Bonchev–Trinajstić information content (AvgIpc) is 3.31. The first kappa shape index (κ1) is 26.3. The summed E-state index contributed by atoms with van der Waals surface area (Å²) in [4.78, 5) is 13.0. The molecular weight excluding hydrogens is 529 g/mol. The SMILES string of the molecule is COc1ccc(S(=O)(=O)N(C)c2ccc3sc(C(=O)Nc4cccc(C(F)(F)F)c4)cc3c2)cc1OC. The van der Waals surface area contributed by atoms with Crippen molar-refractivity contribution in [2.45, 2.75) is 11.1 Å². The van der Waals surface area contributed by atoms with Gasteiger partial charge in [-0.25, -0.2) is 8.42 Å². The minimum Gasteiger partial charge on any atom is -0.493 e. The van der Waals surface area contributed by atoms with Gasteiger partial charge in [0.25, 0.3) is 15.9 Å². The highest BCUT2D eigenvalue weighted by atomic mass is 32.2. The van der Waals surface area contributed by atoms with Gasteiger partial charge in [-0.05, 0) is 60.0 Å². The summed E-state index contributed by atoms with van der Waals surface area (Å²) in [5.74, 6) is 0.0785. The molecule has 0 unspecified atom stereocenters. The lowest BCUT2D eigenvalue weighted by Crippen LogP contribution is -2.26. The normalized spacial score (nSPS) is 11.8. The number of methoxy groups -OCH3 is 2. The summed E-state index contributed by atoms with van der Waals surface area (Å²) in [6, 6.07) is 15.1. The van der Waals surface area contributed by atoms with Crippen molar-refractivity contribution in [1.82, 2.24) is 0 Å². The molecule has 0 aliphatic carbocycles. The second-order valence-corrected chi connectivity index (χ2v) is 10.9. The maximum Gasteiger partial charge on any atom is 0.416 e. The summed E-state index contributed by atoms with van der Waals surface area (Å²) in [6.45, 7) is 0. The number of benzene rings is 3. The van der Waals surface area contributed by atoms with Crippen molar-refractivity contribution in [2.75, 3.05) is 30.9 Å². The molecule has 4 rings (SSSR count). The molecule has 0 aliphatic heterocycles. The number of sulfonamides is 1. The molecule has 1 amide bonds. The van der Waals surface area contributed by atoms with E-state index in [1.807, 2.05) is 0 Å². The van der Waals surface area contributed by atoms with E-state index in [4.69, 9.17) is 9.47 Å². The topological polar surface area (TPSA) is 84.9 Å². The number of fused-ring (bicyclic) bond motifs is 1. The molecule has 0 fully saturated rings. The van der Waals surface area contributed by atoms with Crippen LogP contribution in [0.1, 0.15) is 15.2 Å². The molecule has 0 radical (unpaired) electrons. The van der Waals surface area contributed by atoms with Crippen molar-refractivity contribution < 1.29 is 35.9 Å². The third-order valence-electron chi connectivity index (χ3n) is 5.55. The van der Waals surface area contributed by atoms with Gasteiger partial charge in [-0.15, -0.1) is 11.3 Å². The first-order valence-corrected chi connectivity index (χ1v) is 12.9. The Kier molecular flexibility index (Phi) is 7.07. The molecule has 1 heterocycles. The fourth-order valence-corrected chi connectivity index (χ4v) is 5.72. The largest absolute Gasteiger partial charge is 0.493 e. The van der Waals surface area contributed by atoms with Crippen LogP contribution >= 0.6 is 11.3 Å². The minimum atomic E-state index is -4.53. The molecule has 1 N–H and O–H groups in total. The molecule has 37 heavy (non-hydrogen) atoms. The van der Waals surface area contributed by atoms with Gasteiger partial charge in [-0.1, -0.05) is 6.07 Å². The van der Waals surface area contributed by atoms with E-state index < -0.39 is 27.7 Å². The van der Waals surface area contributed by atoms with E-state index >= 15 is 0 Å². The number of nitrogens with one attached hydrogen (secondary N) is 1. The predicted molar refractivity (Wildman–Crippen MR) is 136 cm³/mol. The third-order valence-corrected chi connectivity index (χ3v) is 8.44. The van der Waals surface area contributed by atoms with Crippen LogP contribution in [0.15, 0.2) is 71.6 Å². The van der Waals surface area contributed by atoms with E-state index in [9.17, 15) is 26.4 Å². The van der Waals surface area contributed by atoms with Gasteiger partial charge in [0.1, 0.15) is 0 Å². The number of nitrogens with zero attached hydrogens (tertiary/aromatic N) is 1. The molecule has 0 aliphatic rings. The monoisotopic (exact) mass is 550 g/mol. The smallest absolute Gasteiger partial charge is 0.416 e. The summed E-state index contributed by atoms with van der Waals surface area (Å²) in [7, 11) is 0.302. The fraction of sp³-hybridized carbons (Fsp3) is 0.160. The summed E-state index contributed by atoms with van der Waals surface area (Å²) < 4.78 is 77.6. The van der Waals surface area contributed by atoms with Gasteiger partial charge in [0.15, 0.2) is 11.5 Å². The zero-order chi connectivity index (χ0) is 27.0. The number of anilines is 2. The van der Waals surface area contributed by atoms with Gasteiger partial charge in [0.2, 0.25) is 0 Å². The van der Waals surface area contributed by atoms with Crippen molar-refractivity contribution in [2.24, 2.45) is 0 Å². The van der Waals surface area contributed by atoms with Crippen LogP contribution in [-0.4, -0.2) is 35.6 Å². The number of hydrogen-bond donors (Lipinski definition) is 1. The number of carbonyl (C=O) groups is 1. The van der Waals surface area contributed by atoms with E-state index in [0.29, 0.717) is 21.5 Å². The summed E-state index contributed by atoms with van der Waals surface area (Å²) in [6.07, 6.45) is -4.53. The highest BCUT2D eigenvalue weighted by Crippen LogP contribution is 2.35. The van der Waals surface area contributed by atoms with E-state index in [0.717, 1.165) is 27.8 Å². The molecule has 0 saturated carbocycles. The molecule has 7 nitrogen and oxygen atoms in total. The Morgan fingerprint density at radius 2 is 1.68 bits per heavy atom. The van der Waals surface area contributed by atoms with E-state index in [1.54, 1.807) is 24.3 Å². The van der Waals surface area contributed by atoms with Crippen LogP contribution in [0, 0.1) is 0 Å². The maximum absolute atomic E-state index is 13.2. The lowest BCUT2D eigenvalue weighted by Gasteiger charge is -2.20. The highest BCUT2D eigenvalue weighted by Gasteiger charge is 2.30. The first-order valence-electron chi connectivity index (χ1n) is 10.7. The Hall–Kier alpha value is -3.77. The number of halogens is 3. The number of ether oxygens (including phenoxy) is 2. The zero-order valence-electron chi connectivity index (χ0n) is 19.8. The zero-order valence-corrected chi connectivity index (χ0v) is 21.4. The summed E-state index contributed by atoms with van der Waals surface area (Å²) in [5.41, 5.74) is -0.506. The summed E-state index contributed by atoms with van der Waals surface area (Å²) in [5, 5.41) is 3.08. The van der Waals surface area contributed by atoms with Crippen LogP contribution in [0.2, 0.25) is 0 Å². The van der Waals surface area contributed by atoms with Crippen LogP contribution in [0.3, 0.4) is 0 Å². The van der Waals surface area contributed by atoms with Gasteiger partial charge >= 0.3 is 6.18 Å². The molecule has 0 atom stereocenters. The van der Waals surface area contributed by atoms with Crippen LogP contribution < -0.4 is 19.1 Å². The number of thiophene rings is 1. The van der Waals surface area contributed by atoms with E-state index in [2.05, 4.69) is 5.32 Å². The number of rotatable bonds is 7. The third kappa shape index (κ3) is 5.35. The summed E-state index contributed by atoms with van der Waals surface area (Å²) >= 11 is 1.14. The van der Waals surface area contributed by atoms with Crippen LogP contribution in [0.4, 0.5) is 24.5 Å². The molecule has 12 heteroatoms. The van der Waals surface area contributed by atoms with E-state index in [-0.39, 0.29) is 21.2 Å². The number of alkyl halides is 3. The van der Waals surface area contributed by atoms with Gasteiger partial charge in [0, 0.05) is 23.5 Å². The van der Waals surface area contributed by atoms with Crippen molar-refractivity contribution in [3.8, 4) is 11.5 Å². The molecule has 4 aromatic rings. The Balaban J connectivity index is 1.59. The van der Waals surface area contributed by atoms with Gasteiger partial charge < -0.3 is 14.8 Å². The Labute approximate surface area is 215 Å². The molecule has 194 valence electrons. The average molecular weight is 551 g/mol. The standard InChI is InChI=1S/C25H21F3N2O5S2/c1-30(37(32,33)19-8-9-20(34-2)21(14-19)35-3)18-7-10-22-15(11-18)12-23(36-22)24(31)29-17-6-4-5-16(13-17)25(26,27)28/h4-14H,1-3H3,(H,29,31). The quantitative estimate of drug-likeness (QED) is 0.305. The van der Waals surface area contributed by atoms with Crippen molar-refractivity contribution in [3.63, 3.8) is 0 Å². The molecule has 1 aromatic heterocycles. The van der Waals surface area contributed by atoms with Gasteiger partial charge in [0.05, 0.1) is 35.2 Å². The van der Waals surface area contributed by atoms with Crippen LogP contribution in [0.25, 0.3) is 10.1 Å². The van der Waals surface area contributed by atoms with Crippen LogP contribution in [-0.2, 0) is 16.2 Å². The Morgan fingerprint density at radius 1 is 0.946 bits per heavy atom.